The first-order valence-corrected chi connectivity index (χ1v) is 8.12. The smallest absolute Gasteiger partial charge is 0.331 e. The summed E-state index contributed by atoms with van der Waals surface area (Å²) in [5.41, 5.74) is 0. The Bertz CT molecular complexity index is 683. The number of amides is 2. The van der Waals surface area contributed by atoms with Crippen LogP contribution in [0.4, 0.5) is 61.5 Å². The molecule has 0 bridgehead atoms. The van der Waals surface area contributed by atoms with E-state index in [1.807, 2.05) is 0 Å². The summed E-state index contributed by atoms with van der Waals surface area (Å²) in [5.74, 6) is -32.8. The maximum Gasteiger partial charge on any atom is 0.460 e. The number of hydrogen-bond donors (Lipinski definition) is 0. The molecule has 4 nitrogen and oxygen atoms in total. The van der Waals surface area contributed by atoms with Gasteiger partial charge in [-0.1, -0.05) is 0 Å². The highest BCUT2D eigenvalue weighted by molar-refractivity contribution is 5.87. The summed E-state index contributed by atoms with van der Waals surface area (Å²) in [6.07, 6.45) is -13.8. The molecule has 0 N–H and O–H groups in total. The zero-order chi connectivity index (χ0) is 25.9. The number of halogens is 14. The van der Waals surface area contributed by atoms with E-state index in [-0.39, 0.29) is 9.80 Å². The summed E-state index contributed by atoms with van der Waals surface area (Å²) >= 11 is 0. The van der Waals surface area contributed by atoms with E-state index in [0.29, 0.717) is 13.8 Å². The van der Waals surface area contributed by atoms with Crippen molar-refractivity contribution in [3.8, 4) is 0 Å². The number of alkyl halides is 14. The molecule has 0 spiro atoms. The zero-order valence-corrected chi connectivity index (χ0v) is 15.6. The molecule has 1 rings (SSSR count). The van der Waals surface area contributed by atoms with Gasteiger partial charge in [0.1, 0.15) is 0 Å². The minimum Gasteiger partial charge on any atom is -0.331 e. The Kier molecular flexibility index (Phi) is 6.80. The van der Waals surface area contributed by atoms with Crippen LogP contribution in [0.1, 0.15) is 13.8 Å². The van der Waals surface area contributed by atoms with Crippen molar-refractivity contribution in [2.75, 3.05) is 13.1 Å². The standard InChI is InChI=1S/C14H12F14N2O2/c1-5-3-30(8(32)10(17,18)12(21,22)14(26,27)28)6(2)4-29(5)7(31)9(15,16)11(19,20)13(23,24)25/h5-6H,3-4H2,1-2H3. The van der Waals surface area contributed by atoms with Gasteiger partial charge in [0.05, 0.1) is 0 Å². The predicted octanol–water partition coefficient (Wildman–Crippen LogP) is 4.10. The summed E-state index contributed by atoms with van der Waals surface area (Å²) in [5, 5.41) is 0. The van der Waals surface area contributed by atoms with Gasteiger partial charge in [0.15, 0.2) is 0 Å². The van der Waals surface area contributed by atoms with Crippen LogP contribution in [0.3, 0.4) is 0 Å². The Hall–Kier alpha value is -2.04. The minimum atomic E-state index is -6.88. The van der Waals surface area contributed by atoms with Crippen LogP contribution in [0.25, 0.3) is 0 Å². The number of nitrogens with zero attached hydrogens (tertiary/aromatic N) is 2. The first-order valence-electron chi connectivity index (χ1n) is 8.12. The van der Waals surface area contributed by atoms with Crippen LogP contribution < -0.4 is 0 Å². The van der Waals surface area contributed by atoms with E-state index in [1.54, 1.807) is 0 Å². The zero-order valence-electron chi connectivity index (χ0n) is 15.6. The Morgan fingerprint density at radius 1 is 0.562 bits per heavy atom. The van der Waals surface area contributed by atoms with Crippen molar-refractivity contribution in [3.63, 3.8) is 0 Å². The quantitative estimate of drug-likeness (QED) is 0.539. The molecule has 1 aliphatic heterocycles. The highest BCUT2D eigenvalue weighted by atomic mass is 19.4. The molecule has 1 fully saturated rings. The highest BCUT2D eigenvalue weighted by Crippen LogP contribution is 2.49. The summed E-state index contributed by atoms with van der Waals surface area (Å²) in [6.45, 7) is -1.76. The molecule has 1 heterocycles. The first-order chi connectivity index (χ1) is 13.9. The molecule has 1 aliphatic rings. The van der Waals surface area contributed by atoms with Crippen molar-refractivity contribution in [1.82, 2.24) is 9.80 Å². The van der Waals surface area contributed by atoms with E-state index < -0.39 is 73.0 Å². The van der Waals surface area contributed by atoms with E-state index in [4.69, 9.17) is 0 Å². The van der Waals surface area contributed by atoms with Crippen LogP contribution in [0, 0.1) is 0 Å². The molecule has 0 aromatic rings. The molecule has 0 saturated carbocycles. The maximum absolute atomic E-state index is 13.6. The lowest BCUT2D eigenvalue weighted by atomic mass is 10.0. The molecule has 32 heavy (non-hydrogen) atoms. The summed E-state index contributed by atoms with van der Waals surface area (Å²) in [6, 6.07) is -4.10. The summed E-state index contributed by atoms with van der Waals surface area (Å²) < 4.78 is 180. The number of carbonyl (C=O) groups excluding carboxylic acids is 2. The molecule has 0 aliphatic carbocycles. The number of piperazine rings is 1. The Labute approximate surface area is 169 Å². The lowest BCUT2D eigenvalue weighted by molar-refractivity contribution is -0.347. The third-order valence-electron chi connectivity index (χ3n) is 4.55. The highest BCUT2D eigenvalue weighted by Gasteiger charge is 2.78. The number of rotatable bonds is 4. The van der Waals surface area contributed by atoms with Gasteiger partial charge in [-0.05, 0) is 13.8 Å². The lowest BCUT2D eigenvalue weighted by Crippen LogP contribution is -2.69. The van der Waals surface area contributed by atoms with Crippen molar-refractivity contribution in [1.29, 1.82) is 0 Å². The molecular weight excluding hydrogens is 494 g/mol. The molecule has 0 aromatic heterocycles. The van der Waals surface area contributed by atoms with E-state index in [9.17, 15) is 71.1 Å². The Balaban J connectivity index is 3.21. The van der Waals surface area contributed by atoms with E-state index in [0.717, 1.165) is 0 Å². The molecule has 2 unspecified atom stereocenters. The molecule has 1 saturated heterocycles. The van der Waals surface area contributed by atoms with Gasteiger partial charge in [-0.15, -0.1) is 0 Å². The second-order valence-electron chi connectivity index (χ2n) is 6.91. The normalized spacial score (nSPS) is 22.2. The molecule has 2 atom stereocenters. The lowest BCUT2D eigenvalue weighted by Gasteiger charge is -2.46. The largest absolute Gasteiger partial charge is 0.460 e. The van der Waals surface area contributed by atoms with Crippen molar-refractivity contribution < 1.29 is 71.1 Å². The topological polar surface area (TPSA) is 40.6 Å². The number of carbonyl (C=O) groups is 2. The second-order valence-corrected chi connectivity index (χ2v) is 6.91. The SMILES string of the molecule is CC1CN(C(=O)C(F)(F)C(F)(F)C(F)(F)F)C(C)CN1C(=O)C(F)(F)C(F)(F)C(F)(F)F. The average molecular weight is 506 g/mol. The van der Waals surface area contributed by atoms with Gasteiger partial charge in [0.25, 0.3) is 11.8 Å². The Morgan fingerprint density at radius 3 is 0.969 bits per heavy atom. The van der Waals surface area contributed by atoms with Crippen LogP contribution in [-0.4, -0.2) is 82.8 Å². The Morgan fingerprint density at radius 2 is 0.781 bits per heavy atom. The van der Waals surface area contributed by atoms with Gasteiger partial charge in [0, 0.05) is 25.2 Å². The van der Waals surface area contributed by atoms with Crippen molar-refractivity contribution in [3.05, 3.63) is 0 Å². The van der Waals surface area contributed by atoms with Gasteiger partial charge < -0.3 is 9.80 Å². The minimum absolute atomic E-state index is 0.353. The van der Waals surface area contributed by atoms with E-state index in [1.165, 1.54) is 0 Å². The molecule has 188 valence electrons. The molecule has 0 radical (unpaired) electrons. The maximum atomic E-state index is 13.6. The fourth-order valence-corrected chi connectivity index (χ4v) is 2.68. The van der Waals surface area contributed by atoms with Crippen LogP contribution in [0.15, 0.2) is 0 Å². The predicted molar refractivity (Wildman–Crippen MR) is 74.2 cm³/mol. The van der Waals surface area contributed by atoms with Gasteiger partial charge in [-0.3, -0.25) is 9.59 Å². The third kappa shape index (κ3) is 4.15. The molecule has 2 amide bonds. The van der Waals surface area contributed by atoms with Gasteiger partial charge in [-0.2, -0.15) is 61.5 Å². The second kappa shape index (κ2) is 7.78. The van der Waals surface area contributed by atoms with Crippen LogP contribution >= 0.6 is 0 Å². The molecule has 18 heteroatoms. The molecular formula is C14H12F14N2O2. The van der Waals surface area contributed by atoms with Crippen molar-refractivity contribution in [2.24, 2.45) is 0 Å². The van der Waals surface area contributed by atoms with Crippen LogP contribution in [-0.2, 0) is 9.59 Å². The molecule has 0 aromatic carbocycles. The average Bonchev–Trinajstić information content (AvgIpc) is 2.59. The van der Waals surface area contributed by atoms with Crippen LogP contribution in [0.5, 0.6) is 0 Å². The van der Waals surface area contributed by atoms with Crippen LogP contribution in [0.2, 0.25) is 0 Å². The summed E-state index contributed by atoms with van der Waals surface area (Å²) in [4.78, 5) is 22.7. The fourth-order valence-electron chi connectivity index (χ4n) is 2.68. The van der Waals surface area contributed by atoms with E-state index in [2.05, 4.69) is 0 Å². The number of hydrogen-bond acceptors (Lipinski definition) is 2. The van der Waals surface area contributed by atoms with Gasteiger partial charge in [0.2, 0.25) is 0 Å². The van der Waals surface area contributed by atoms with Gasteiger partial charge in [-0.25, -0.2) is 0 Å². The monoisotopic (exact) mass is 506 g/mol. The first kappa shape index (κ1) is 28.0. The third-order valence-corrected chi connectivity index (χ3v) is 4.55. The van der Waals surface area contributed by atoms with E-state index >= 15 is 0 Å². The fraction of sp³-hybridized carbons (Fsp3) is 0.857. The van der Waals surface area contributed by atoms with Crippen molar-refractivity contribution >= 4 is 11.8 Å². The van der Waals surface area contributed by atoms with Gasteiger partial charge >= 0.3 is 36.0 Å². The van der Waals surface area contributed by atoms with Crippen molar-refractivity contribution in [2.45, 2.75) is 62.0 Å². The summed E-state index contributed by atoms with van der Waals surface area (Å²) in [7, 11) is 0.